The van der Waals surface area contributed by atoms with Gasteiger partial charge in [-0.2, -0.15) is 0 Å². The smallest absolute Gasteiger partial charge is 0.264 e. The average Bonchev–Trinajstić information content (AvgIpc) is 2.76. The first-order valence-corrected chi connectivity index (χ1v) is 11.6. The van der Waals surface area contributed by atoms with Crippen LogP contribution in [0.25, 0.3) is 11.0 Å². The Hall–Kier alpha value is -3.20. The van der Waals surface area contributed by atoms with Crippen molar-refractivity contribution < 1.29 is 13.2 Å². The van der Waals surface area contributed by atoms with Crippen LogP contribution in [-0.4, -0.2) is 24.2 Å². The third-order valence-electron chi connectivity index (χ3n) is 4.54. The van der Waals surface area contributed by atoms with Gasteiger partial charge >= 0.3 is 0 Å². The maximum atomic E-state index is 13.0. The molecule has 4 aromatic rings. The van der Waals surface area contributed by atoms with Gasteiger partial charge in [0, 0.05) is 16.3 Å². The van der Waals surface area contributed by atoms with Crippen LogP contribution in [0.5, 0.6) is 0 Å². The summed E-state index contributed by atoms with van der Waals surface area (Å²) in [6.45, 7) is 1.48. The summed E-state index contributed by atoms with van der Waals surface area (Å²) in [7, 11) is -4.12. The minimum Gasteiger partial charge on any atom is -0.337 e. The zero-order valence-electron chi connectivity index (χ0n) is 16.6. The summed E-state index contributed by atoms with van der Waals surface area (Å²) in [5.74, 6) is 0.102. The normalized spacial score (nSPS) is 11.3. The molecule has 0 bridgehead atoms. The SMILES string of the molecule is CC(=O)c1ccc(Nc2nc3ccccc3nc2NS(=O)(=O)c2cc(Cl)ccc2Cl)cc1. The predicted octanol–water partition coefficient (Wildman–Crippen LogP) is 5.68. The number of ketones is 1. The van der Waals surface area contributed by atoms with Crippen LogP contribution in [0.1, 0.15) is 17.3 Å². The van der Waals surface area contributed by atoms with Crippen LogP contribution in [0.2, 0.25) is 10.0 Å². The number of hydrogen-bond donors (Lipinski definition) is 2. The highest BCUT2D eigenvalue weighted by molar-refractivity contribution is 7.92. The minimum atomic E-state index is -4.12. The van der Waals surface area contributed by atoms with E-state index < -0.39 is 10.0 Å². The molecule has 0 unspecified atom stereocenters. The molecule has 0 saturated heterocycles. The second kappa shape index (κ2) is 8.74. The van der Waals surface area contributed by atoms with E-state index in [-0.39, 0.29) is 32.4 Å². The summed E-state index contributed by atoms with van der Waals surface area (Å²) >= 11 is 12.1. The lowest BCUT2D eigenvalue weighted by atomic mass is 10.1. The Labute approximate surface area is 194 Å². The largest absolute Gasteiger partial charge is 0.337 e. The third kappa shape index (κ3) is 4.67. The number of benzene rings is 3. The number of sulfonamides is 1. The number of carbonyl (C=O) groups is 1. The van der Waals surface area contributed by atoms with Crippen LogP contribution >= 0.6 is 23.2 Å². The van der Waals surface area contributed by atoms with Gasteiger partial charge in [-0.3, -0.25) is 9.52 Å². The van der Waals surface area contributed by atoms with Gasteiger partial charge in [0.05, 0.1) is 16.1 Å². The van der Waals surface area contributed by atoms with E-state index in [1.165, 1.54) is 25.1 Å². The standard InChI is InChI=1S/C22H16Cl2N4O3S/c1-13(29)14-6-9-16(10-7-14)25-21-22(27-19-5-3-2-4-18(19)26-21)28-32(30,31)20-12-15(23)8-11-17(20)24/h2-12H,1H3,(H,25,26)(H,27,28). The van der Waals surface area contributed by atoms with Gasteiger partial charge in [-0.15, -0.1) is 0 Å². The summed E-state index contributed by atoms with van der Waals surface area (Å²) < 4.78 is 28.5. The molecule has 162 valence electrons. The van der Waals surface area contributed by atoms with E-state index in [0.717, 1.165) is 0 Å². The lowest BCUT2D eigenvalue weighted by molar-refractivity contribution is 0.101. The van der Waals surface area contributed by atoms with Crippen LogP contribution in [0, 0.1) is 0 Å². The number of aromatic nitrogens is 2. The highest BCUT2D eigenvalue weighted by Crippen LogP contribution is 2.30. The molecular weight excluding hydrogens is 471 g/mol. The van der Waals surface area contributed by atoms with E-state index in [1.54, 1.807) is 48.5 Å². The van der Waals surface area contributed by atoms with E-state index >= 15 is 0 Å². The molecule has 3 aromatic carbocycles. The fraction of sp³-hybridized carbons (Fsp3) is 0.0455. The van der Waals surface area contributed by atoms with Gasteiger partial charge in [0.1, 0.15) is 4.90 Å². The molecule has 1 heterocycles. The van der Waals surface area contributed by atoms with Gasteiger partial charge < -0.3 is 5.32 Å². The number of Topliss-reactive ketones (excluding diaryl/α,β-unsaturated/α-hetero) is 1. The Morgan fingerprint density at radius 1 is 0.875 bits per heavy atom. The van der Waals surface area contributed by atoms with Gasteiger partial charge in [0.25, 0.3) is 10.0 Å². The minimum absolute atomic E-state index is 0.0182. The van der Waals surface area contributed by atoms with Gasteiger partial charge in [-0.1, -0.05) is 35.3 Å². The summed E-state index contributed by atoms with van der Waals surface area (Å²) in [4.78, 5) is 20.3. The summed E-state index contributed by atoms with van der Waals surface area (Å²) in [5, 5.41) is 3.30. The summed E-state index contributed by atoms with van der Waals surface area (Å²) in [6.07, 6.45) is 0. The summed E-state index contributed by atoms with van der Waals surface area (Å²) in [6, 6.07) is 17.9. The Balaban J connectivity index is 1.77. The quantitative estimate of drug-likeness (QED) is 0.339. The van der Waals surface area contributed by atoms with Crippen molar-refractivity contribution in [1.29, 1.82) is 0 Å². The number of nitrogens with one attached hydrogen (secondary N) is 2. The lowest BCUT2D eigenvalue weighted by Crippen LogP contribution is -2.16. The highest BCUT2D eigenvalue weighted by Gasteiger charge is 2.22. The van der Waals surface area contributed by atoms with Crippen molar-refractivity contribution in [3.8, 4) is 0 Å². The topological polar surface area (TPSA) is 101 Å². The number of carbonyl (C=O) groups excluding carboxylic acids is 1. The van der Waals surface area contributed by atoms with Gasteiger partial charge in [-0.25, -0.2) is 18.4 Å². The van der Waals surface area contributed by atoms with E-state index in [1.807, 2.05) is 0 Å². The Kier molecular flexibility index (Phi) is 6.01. The molecule has 0 fully saturated rings. The fourth-order valence-corrected chi connectivity index (χ4v) is 4.72. The Morgan fingerprint density at radius 2 is 1.50 bits per heavy atom. The predicted molar refractivity (Wildman–Crippen MR) is 127 cm³/mol. The Morgan fingerprint density at radius 3 is 2.12 bits per heavy atom. The third-order valence-corrected chi connectivity index (χ3v) is 6.59. The monoisotopic (exact) mass is 486 g/mol. The first-order valence-electron chi connectivity index (χ1n) is 9.35. The molecule has 0 amide bonds. The van der Waals surface area contributed by atoms with Crippen LogP contribution in [-0.2, 0) is 10.0 Å². The van der Waals surface area contributed by atoms with Crippen molar-refractivity contribution in [2.45, 2.75) is 11.8 Å². The van der Waals surface area contributed by atoms with E-state index in [4.69, 9.17) is 23.2 Å². The number of hydrogen-bond acceptors (Lipinski definition) is 6. The molecule has 10 heteroatoms. The molecule has 0 spiro atoms. The summed E-state index contributed by atoms with van der Waals surface area (Å²) in [5.41, 5.74) is 2.22. The molecule has 4 rings (SSSR count). The maximum absolute atomic E-state index is 13.0. The van der Waals surface area contributed by atoms with E-state index in [2.05, 4.69) is 20.0 Å². The molecule has 7 nitrogen and oxygen atoms in total. The van der Waals surface area contributed by atoms with Gasteiger partial charge in [0.2, 0.25) is 0 Å². The molecule has 0 aliphatic rings. The number of rotatable bonds is 6. The first-order chi connectivity index (χ1) is 15.2. The number of halogens is 2. The zero-order chi connectivity index (χ0) is 22.9. The van der Waals surface area contributed by atoms with Crippen LogP contribution in [0.3, 0.4) is 0 Å². The first kappa shape index (κ1) is 22.0. The molecule has 0 saturated carbocycles. The van der Waals surface area contributed by atoms with Crippen molar-refractivity contribution in [3.63, 3.8) is 0 Å². The molecule has 0 radical (unpaired) electrons. The molecule has 2 N–H and O–H groups in total. The van der Waals surface area contributed by atoms with Crippen molar-refractivity contribution in [3.05, 3.63) is 82.3 Å². The number of para-hydroxylation sites is 2. The Bertz CT molecular complexity index is 1440. The van der Waals surface area contributed by atoms with Crippen LogP contribution in [0.4, 0.5) is 17.3 Å². The van der Waals surface area contributed by atoms with Crippen LogP contribution < -0.4 is 10.0 Å². The average molecular weight is 487 g/mol. The van der Waals surface area contributed by atoms with Gasteiger partial charge in [0.15, 0.2) is 17.4 Å². The zero-order valence-corrected chi connectivity index (χ0v) is 19.0. The number of nitrogens with zero attached hydrogens (tertiary/aromatic N) is 2. The van der Waals surface area contributed by atoms with Crippen molar-refractivity contribution in [2.75, 3.05) is 10.0 Å². The van der Waals surface area contributed by atoms with Crippen molar-refractivity contribution >= 4 is 67.4 Å². The van der Waals surface area contributed by atoms with Crippen LogP contribution in [0.15, 0.2) is 71.6 Å². The fourth-order valence-electron chi connectivity index (χ4n) is 2.95. The van der Waals surface area contributed by atoms with Gasteiger partial charge in [-0.05, 0) is 61.5 Å². The number of fused-ring (bicyclic) bond motifs is 1. The molecule has 1 aromatic heterocycles. The molecule has 32 heavy (non-hydrogen) atoms. The molecule has 0 atom stereocenters. The second-order valence-corrected chi connectivity index (χ2v) is 9.34. The van der Waals surface area contributed by atoms with E-state index in [0.29, 0.717) is 22.3 Å². The number of anilines is 3. The van der Waals surface area contributed by atoms with Crippen molar-refractivity contribution in [2.24, 2.45) is 0 Å². The molecule has 0 aliphatic heterocycles. The van der Waals surface area contributed by atoms with E-state index in [9.17, 15) is 13.2 Å². The lowest BCUT2D eigenvalue weighted by Gasteiger charge is -2.14. The molecule has 0 aliphatic carbocycles. The molecular formula is C22H16Cl2N4O3S. The maximum Gasteiger partial charge on any atom is 0.264 e. The highest BCUT2D eigenvalue weighted by atomic mass is 35.5. The second-order valence-electron chi connectivity index (χ2n) is 6.85. The van der Waals surface area contributed by atoms with Crippen molar-refractivity contribution in [1.82, 2.24) is 9.97 Å².